The molecule has 2 aliphatic rings. The molecule has 0 saturated carbocycles. The summed E-state index contributed by atoms with van der Waals surface area (Å²) in [6, 6.07) is 4.84. The largest absolute Gasteiger partial charge is 0.504 e. The van der Waals surface area contributed by atoms with Crippen molar-refractivity contribution in [2.45, 2.75) is 16.2 Å². The number of phenols is 1. The Kier molecular flexibility index (Phi) is 5.67. The topological polar surface area (TPSA) is 66.8 Å². The van der Waals surface area contributed by atoms with Gasteiger partial charge in [-0.1, -0.05) is 52.9 Å². The number of carbonyl (C=O) groups is 2. The SMILES string of the molecule is C=CC1=CC[C@@]2(Cl)C(=O)N(CBr)C(=O)[C@@]2(Cl)[C@H]1C=Cc1ccc(O)c(OC)c1. The lowest BCUT2D eigenvalue weighted by atomic mass is 9.71. The summed E-state index contributed by atoms with van der Waals surface area (Å²) in [5, 5.41) is 9.75. The van der Waals surface area contributed by atoms with Crippen LogP contribution in [0.1, 0.15) is 12.0 Å². The maximum atomic E-state index is 13.0. The number of likely N-dealkylation sites (tertiary alicyclic amines) is 1. The Balaban J connectivity index is 2.08. The van der Waals surface area contributed by atoms with Crippen molar-refractivity contribution in [3.05, 3.63) is 54.1 Å². The van der Waals surface area contributed by atoms with Gasteiger partial charge in [0.25, 0.3) is 11.8 Å². The summed E-state index contributed by atoms with van der Waals surface area (Å²) in [6.07, 6.45) is 7.00. The van der Waals surface area contributed by atoms with Gasteiger partial charge < -0.3 is 9.84 Å². The molecule has 1 aromatic carbocycles. The van der Waals surface area contributed by atoms with E-state index < -0.39 is 27.5 Å². The van der Waals surface area contributed by atoms with Crippen LogP contribution in [0.2, 0.25) is 0 Å². The number of fused-ring (bicyclic) bond motifs is 1. The van der Waals surface area contributed by atoms with Gasteiger partial charge in [-0.2, -0.15) is 0 Å². The number of allylic oxidation sites excluding steroid dienone is 4. The van der Waals surface area contributed by atoms with Crippen LogP contribution in [0.3, 0.4) is 0 Å². The number of nitrogens with zero attached hydrogens (tertiary/aromatic N) is 1. The molecule has 28 heavy (non-hydrogen) atoms. The van der Waals surface area contributed by atoms with E-state index in [1.807, 2.05) is 0 Å². The Morgan fingerprint density at radius 2 is 2.11 bits per heavy atom. The molecule has 0 aromatic heterocycles. The van der Waals surface area contributed by atoms with Gasteiger partial charge in [0.15, 0.2) is 21.2 Å². The highest BCUT2D eigenvalue weighted by molar-refractivity contribution is 9.09. The average Bonchev–Trinajstić information content (AvgIpc) is 2.84. The van der Waals surface area contributed by atoms with Crippen LogP contribution in [0, 0.1) is 5.92 Å². The Bertz CT molecular complexity index is 915. The first-order valence-electron chi connectivity index (χ1n) is 8.42. The van der Waals surface area contributed by atoms with Crippen molar-refractivity contribution < 1.29 is 19.4 Å². The summed E-state index contributed by atoms with van der Waals surface area (Å²) >= 11 is 16.7. The quantitative estimate of drug-likeness (QED) is 0.384. The predicted molar refractivity (Wildman–Crippen MR) is 113 cm³/mol. The number of imide groups is 1. The number of methoxy groups -OCH3 is 1. The maximum absolute atomic E-state index is 13.0. The molecule has 3 atom stereocenters. The molecule has 0 radical (unpaired) electrons. The minimum absolute atomic E-state index is 0.0158. The number of amides is 2. The Morgan fingerprint density at radius 1 is 1.39 bits per heavy atom. The first-order valence-corrected chi connectivity index (χ1v) is 10.3. The molecule has 8 heteroatoms. The van der Waals surface area contributed by atoms with E-state index in [2.05, 4.69) is 22.5 Å². The fraction of sp³-hybridized carbons (Fsp3) is 0.300. The van der Waals surface area contributed by atoms with Gasteiger partial charge in [-0.3, -0.25) is 14.5 Å². The monoisotopic (exact) mass is 485 g/mol. The van der Waals surface area contributed by atoms with Crippen molar-refractivity contribution in [3.63, 3.8) is 0 Å². The third-order valence-corrected chi connectivity index (χ3v) is 7.10. The predicted octanol–water partition coefficient (Wildman–Crippen LogP) is 4.22. The van der Waals surface area contributed by atoms with E-state index in [9.17, 15) is 14.7 Å². The molecule has 1 aliphatic carbocycles. The van der Waals surface area contributed by atoms with Crippen molar-refractivity contribution in [1.29, 1.82) is 0 Å². The van der Waals surface area contributed by atoms with Crippen LogP contribution in [0.25, 0.3) is 6.08 Å². The smallest absolute Gasteiger partial charge is 0.254 e. The van der Waals surface area contributed by atoms with E-state index in [0.29, 0.717) is 11.3 Å². The van der Waals surface area contributed by atoms with E-state index in [1.54, 1.807) is 36.4 Å². The number of benzene rings is 1. The second-order valence-corrected chi connectivity index (χ2v) is 8.29. The van der Waals surface area contributed by atoms with Crippen LogP contribution in [0.15, 0.2) is 48.6 Å². The molecule has 1 N–H and O–H groups in total. The molecule has 0 spiro atoms. The van der Waals surface area contributed by atoms with Gasteiger partial charge in [0.05, 0.1) is 12.6 Å². The second-order valence-electron chi connectivity index (χ2n) is 6.55. The Morgan fingerprint density at radius 3 is 2.71 bits per heavy atom. The Hall–Kier alpha value is -1.76. The third kappa shape index (κ3) is 2.90. The van der Waals surface area contributed by atoms with E-state index in [0.717, 1.165) is 10.5 Å². The van der Waals surface area contributed by atoms with Gasteiger partial charge in [0, 0.05) is 5.92 Å². The van der Waals surface area contributed by atoms with Crippen molar-refractivity contribution in [2.75, 3.05) is 12.6 Å². The molecule has 0 unspecified atom stereocenters. The molecular weight excluding hydrogens is 469 g/mol. The van der Waals surface area contributed by atoms with Gasteiger partial charge in [-0.15, -0.1) is 23.2 Å². The zero-order valence-corrected chi connectivity index (χ0v) is 18.1. The van der Waals surface area contributed by atoms with Crippen molar-refractivity contribution in [2.24, 2.45) is 5.92 Å². The summed E-state index contributed by atoms with van der Waals surface area (Å²) < 4.78 is 5.12. The maximum Gasteiger partial charge on any atom is 0.254 e. The number of carbonyl (C=O) groups excluding carboxylic acids is 2. The van der Waals surface area contributed by atoms with Crippen molar-refractivity contribution in [3.8, 4) is 11.5 Å². The molecule has 148 valence electrons. The normalized spacial score (nSPS) is 29.8. The molecule has 1 aromatic rings. The zero-order chi connectivity index (χ0) is 20.7. The average molecular weight is 487 g/mol. The van der Waals surface area contributed by atoms with Crippen LogP contribution in [0.5, 0.6) is 11.5 Å². The summed E-state index contributed by atoms with van der Waals surface area (Å²) in [4.78, 5) is 23.6. The lowest BCUT2D eigenvalue weighted by Gasteiger charge is -2.40. The first-order chi connectivity index (χ1) is 13.2. The van der Waals surface area contributed by atoms with Crippen LogP contribution >= 0.6 is 39.1 Å². The summed E-state index contributed by atoms with van der Waals surface area (Å²) in [5.74, 6) is -1.40. The first kappa shape index (κ1) is 21.0. The molecule has 1 fully saturated rings. The van der Waals surface area contributed by atoms with Gasteiger partial charge in [0.2, 0.25) is 0 Å². The molecule has 1 aliphatic heterocycles. The van der Waals surface area contributed by atoms with Crippen LogP contribution in [-0.4, -0.2) is 44.1 Å². The summed E-state index contributed by atoms with van der Waals surface area (Å²) in [7, 11) is 1.45. The highest BCUT2D eigenvalue weighted by Crippen LogP contribution is 2.56. The minimum Gasteiger partial charge on any atom is -0.504 e. The third-order valence-electron chi connectivity index (χ3n) is 5.16. The second kappa shape index (κ2) is 7.58. The molecular formula is C20H18BrCl2NO4. The number of rotatable bonds is 5. The highest BCUT2D eigenvalue weighted by atomic mass is 79.9. The van der Waals surface area contributed by atoms with E-state index in [-0.39, 0.29) is 17.6 Å². The van der Waals surface area contributed by atoms with Gasteiger partial charge >= 0.3 is 0 Å². The molecule has 1 heterocycles. The lowest BCUT2D eigenvalue weighted by Crippen LogP contribution is -2.55. The van der Waals surface area contributed by atoms with Gasteiger partial charge in [-0.05, 0) is 29.7 Å². The number of ether oxygens (including phenoxy) is 1. The standard InChI is InChI=1S/C20H18BrCl2NO4/c1-3-13-8-9-19(22)17(26)24(11-21)18(27)20(19,23)14(13)6-4-12-5-7-15(25)16(10-12)28-2/h3-8,10,14,25H,1,9,11H2,2H3/t14-,19+,20-/m0/s1. The number of hydrogen-bond acceptors (Lipinski definition) is 4. The lowest BCUT2D eigenvalue weighted by molar-refractivity contribution is -0.138. The zero-order valence-electron chi connectivity index (χ0n) is 15.0. The molecule has 3 rings (SSSR count). The fourth-order valence-electron chi connectivity index (χ4n) is 3.63. The van der Waals surface area contributed by atoms with Crippen LogP contribution in [-0.2, 0) is 9.59 Å². The number of halogens is 3. The van der Waals surface area contributed by atoms with Crippen LogP contribution in [0.4, 0.5) is 0 Å². The van der Waals surface area contributed by atoms with Gasteiger partial charge in [-0.25, -0.2) is 0 Å². The van der Waals surface area contributed by atoms with E-state index in [1.165, 1.54) is 13.2 Å². The fourth-order valence-corrected chi connectivity index (χ4v) is 4.92. The Labute approximate surface area is 181 Å². The molecule has 2 amide bonds. The number of aromatic hydroxyl groups is 1. The van der Waals surface area contributed by atoms with E-state index >= 15 is 0 Å². The van der Waals surface area contributed by atoms with Crippen LogP contribution < -0.4 is 4.74 Å². The molecule has 0 bridgehead atoms. The highest BCUT2D eigenvalue weighted by Gasteiger charge is 2.71. The summed E-state index contributed by atoms with van der Waals surface area (Å²) in [6.45, 7) is 3.80. The van der Waals surface area contributed by atoms with E-state index in [4.69, 9.17) is 27.9 Å². The van der Waals surface area contributed by atoms with Crippen molar-refractivity contribution in [1.82, 2.24) is 4.90 Å². The summed E-state index contributed by atoms with van der Waals surface area (Å²) in [5.41, 5.74) is 1.45. The molecule has 5 nitrogen and oxygen atoms in total. The minimum atomic E-state index is -1.67. The number of phenolic OH excluding ortho intramolecular Hbond substituents is 1. The number of hydrogen-bond donors (Lipinski definition) is 1. The van der Waals surface area contributed by atoms with Gasteiger partial charge in [0.1, 0.15) is 0 Å². The molecule has 1 saturated heterocycles. The van der Waals surface area contributed by atoms with Crippen molar-refractivity contribution >= 4 is 57.0 Å². The number of alkyl halides is 3.